The van der Waals surface area contributed by atoms with Crippen LogP contribution in [0.5, 0.6) is 0 Å². The second kappa shape index (κ2) is 4.75. The van der Waals surface area contributed by atoms with Crippen LogP contribution < -0.4 is 9.80 Å². The van der Waals surface area contributed by atoms with E-state index >= 15 is 0 Å². The van der Waals surface area contributed by atoms with Crippen molar-refractivity contribution in [1.82, 2.24) is 4.98 Å². The molecule has 0 amide bonds. The molecule has 0 saturated carbocycles. The van der Waals surface area contributed by atoms with Gasteiger partial charge in [-0.05, 0) is 12.1 Å². The maximum atomic E-state index is 4.24. The van der Waals surface area contributed by atoms with Gasteiger partial charge >= 0.3 is 0 Å². The molecular weight excluding hydrogens is 230 g/mol. The Kier molecular flexibility index (Phi) is 2.96. The molecule has 1 aliphatic rings. The number of thiazole rings is 1. The van der Waals surface area contributed by atoms with Gasteiger partial charge in [-0.2, -0.15) is 0 Å². The smallest absolute Gasteiger partial charge is 0.186 e. The van der Waals surface area contributed by atoms with Crippen LogP contribution in [0.15, 0.2) is 35.7 Å². The summed E-state index contributed by atoms with van der Waals surface area (Å²) in [4.78, 5) is 9.00. The molecule has 3 nitrogen and oxygen atoms in total. The third-order valence-electron chi connectivity index (χ3n) is 3.05. The summed E-state index contributed by atoms with van der Waals surface area (Å²) >= 11 is 1.67. The number of anilines is 2. The third kappa shape index (κ3) is 2.26. The molecule has 1 aromatic heterocycles. The largest absolute Gasteiger partial charge is 0.368 e. The lowest BCUT2D eigenvalue weighted by molar-refractivity contribution is 0.652. The van der Waals surface area contributed by atoms with Gasteiger partial charge in [0.25, 0.3) is 0 Å². The molecule has 0 bridgehead atoms. The Labute approximate surface area is 105 Å². The van der Waals surface area contributed by atoms with Crippen LogP contribution in [0.1, 0.15) is 0 Å². The van der Waals surface area contributed by atoms with Crippen molar-refractivity contribution in [1.29, 1.82) is 0 Å². The van der Waals surface area contributed by atoms with Gasteiger partial charge in [0.2, 0.25) is 0 Å². The molecule has 1 fully saturated rings. The van der Waals surface area contributed by atoms with Gasteiger partial charge in [0.15, 0.2) is 5.13 Å². The van der Waals surface area contributed by atoms with Crippen LogP contribution in [-0.4, -0.2) is 31.2 Å². The lowest BCUT2D eigenvalue weighted by Crippen LogP contribution is -2.46. The molecule has 1 radical (unpaired) electrons. The van der Waals surface area contributed by atoms with E-state index in [0.29, 0.717) is 0 Å². The number of benzene rings is 1. The van der Waals surface area contributed by atoms with Crippen LogP contribution in [0.2, 0.25) is 0 Å². The number of piperazine rings is 1. The Hall–Kier alpha value is -1.55. The highest BCUT2D eigenvalue weighted by molar-refractivity contribution is 7.13. The predicted octanol–water partition coefficient (Wildman–Crippen LogP) is 2.27. The highest BCUT2D eigenvalue weighted by Gasteiger charge is 2.18. The minimum absolute atomic E-state index is 1.04. The molecule has 87 valence electrons. The van der Waals surface area contributed by atoms with Crippen molar-refractivity contribution in [2.45, 2.75) is 0 Å². The van der Waals surface area contributed by atoms with Crippen LogP contribution in [0.4, 0.5) is 10.8 Å². The first-order valence-corrected chi connectivity index (χ1v) is 6.68. The van der Waals surface area contributed by atoms with E-state index in [1.165, 1.54) is 5.69 Å². The normalized spacial score (nSPS) is 16.2. The fraction of sp³-hybridized carbons (Fsp3) is 0.308. The van der Waals surface area contributed by atoms with E-state index in [2.05, 4.69) is 51.3 Å². The van der Waals surface area contributed by atoms with E-state index < -0.39 is 0 Å². The molecule has 0 N–H and O–H groups in total. The van der Waals surface area contributed by atoms with Crippen molar-refractivity contribution in [3.8, 4) is 0 Å². The van der Waals surface area contributed by atoms with E-state index in [9.17, 15) is 0 Å². The maximum absolute atomic E-state index is 4.24. The second-order valence-electron chi connectivity index (χ2n) is 4.07. The van der Waals surface area contributed by atoms with E-state index in [0.717, 1.165) is 31.3 Å². The number of hydrogen-bond acceptors (Lipinski definition) is 4. The van der Waals surface area contributed by atoms with E-state index in [1.54, 1.807) is 11.3 Å². The molecular formula is C13H14N3S. The van der Waals surface area contributed by atoms with Gasteiger partial charge in [0.05, 0.1) is 0 Å². The van der Waals surface area contributed by atoms with Crippen molar-refractivity contribution in [2.24, 2.45) is 0 Å². The van der Waals surface area contributed by atoms with Gasteiger partial charge in [-0.1, -0.05) is 18.2 Å². The average molecular weight is 244 g/mol. The molecule has 4 heteroatoms. The van der Waals surface area contributed by atoms with Crippen LogP contribution in [0.25, 0.3) is 0 Å². The fourth-order valence-corrected chi connectivity index (χ4v) is 2.77. The molecule has 0 atom stereocenters. The van der Waals surface area contributed by atoms with Crippen molar-refractivity contribution >= 4 is 22.2 Å². The Morgan fingerprint density at radius 1 is 1.00 bits per heavy atom. The highest BCUT2D eigenvalue weighted by atomic mass is 32.1. The van der Waals surface area contributed by atoms with Crippen LogP contribution in [0.3, 0.4) is 0 Å². The SMILES string of the molecule is [c]1csc(N2CCN(c3ccccc3)CC2)n1. The zero-order valence-electron chi connectivity index (χ0n) is 9.54. The number of hydrogen-bond donors (Lipinski definition) is 0. The summed E-state index contributed by atoms with van der Waals surface area (Å²) < 4.78 is 0. The van der Waals surface area contributed by atoms with Crippen molar-refractivity contribution < 1.29 is 0 Å². The Morgan fingerprint density at radius 3 is 2.35 bits per heavy atom. The Morgan fingerprint density at radius 2 is 1.71 bits per heavy atom. The first-order valence-electron chi connectivity index (χ1n) is 5.80. The molecule has 3 rings (SSSR count). The monoisotopic (exact) mass is 244 g/mol. The van der Waals surface area contributed by atoms with Gasteiger partial charge in [-0.3, -0.25) is 0 Å². The van der Waals surface area contributed by atoms with Crippen molar-refractivity contribution in [3.05, 3.63) is 41.9 Å². The molecule has 1 aromatic carbocycles. The lowest BCUT2D eigenvalue weighted by atomic mass is 10.2. The first-order chi connectivity index (χ1) is 8.43. The lowest BCUT2D eigenvalue weighted by Gasteiger charge is -2.35. The van der Waals surface area contributed by atoms with Gasteiger partial charge in [0, 0.05) is 37.2 Å². The van der Waals surface area contributed by atoms with Crippen molar-refractivity contribution in [2.75, 3.05) is 36.0 Å². The molecule has 1 aliphatic heterocycles. The predicted molar refractivity (Wildman–Crippen MR) is 71.8 cm³/mol. The highest BCUT2D eigenvalue weighted by Crippen LogP contribution is 2.21. The molecule has 0 spiro atoms. The summed E-state index contributed by atoms with van der Waals surface area (Å²) in [7, 11) is 0. The topological polar surface area (TPSA) is 19.4 Å². The average Bonchev–Trinajstić information content (AvgIpc) is 2.94. The molecule has 2 aromatic rings. The van der Waals surface area contributed by atoms with Crippen LogP contribution in [-0.2, 0) is 0 Å². The first kappa shape index (κ1) is 10.6. The molecule has 0 aliphatic carbocycles. The van der Waals surface area contributed by atoms with Gasteiger partial charge in [-0.25, -0.2) is 4.98 Å². The Bertz CT molecular complexity index is 447. The minimum Gasteiger partial charge on any atom is -0.368 e. The molecule has 1 saturated heterocycles. The zero-order valence-corrected chi connectivity index (χ0v) is 10.4. The van der Waals surface area contributed by atoms with Gasteiger partial charge < -0.3 is 9.80 Å². The number of rotatable bonds is 2. The number of para-hydroxylation sites is 1. The number of nitrogens with zero attached hydrogens (tertiary/aromatic N) is 3. The van der Waals surface area contributed by atoms with E-state index in [1.807, 2.05) is 5.38 Å². The van der Waals surface area contributed by atoms with Crippen molar-refractivity contribution in [3.63, 3.8) is 0 Å². The molecule has 17 heavy (non-hydrogen) atoms. The Balaban J connectivity index is 1.65. The zero-order chi connectivity index (χ0) is 11.5. The molecule has 0 unspecified atom stereocenters. The maximum Gasteiger partial charge on any atom is 0.186 e. The van der Waals surface area contributed by atoms with Crippen LogP contribution >= 0.6 is 11.3 Å². The van der Waals surface area contributed by atoms with E-state index in [-0.39, 0.29) is 0 Å². The number of aromatic nitrogens is 1. The fourth-order valence-electron chi connectivity index (χ4n) is 2.13. The van der Waals surface area contributed by atoms with E-state index in [4.69, 9.17) is 0 Å². The summed E-state index contributed by atoms with van der Waals surface area (Å²) in [5.41, 5.74) is 1.32. The third-order valence-corrected chi connectivity index (χ3v) is 3.83. The van der Waals surface area contributed by atoms with Crippen LogP contribution in [0, 0.1) is 6.20 Å². The minimum atomic E-state index is 1.04. The second-order valence-corrected chi connectivity index (χ2v) is 4.91. The quantitative estimate of drug-likeness (QED) is 0.808. The summed E-state index contributed by atoms with van der Waals surface area (Å²) in [6.07, 6.45) is 2.88. The summed E-state index contributed by atoms with van der Waals surface area (Å²) in [6.45, 7) is 4.19. The van der Waals surface area contributed by atoms with Gasteiger partial charge in [-0.15, -0.1) is 11.3 Å². The molecule has 2 heterocycles. The summed E-state index contributed by atoms with van der Waals surface area (Å²) in [5.74, 6) is 0. The standard InChI is InChI=1S/C13H14N3S/c1-2-4-12(5-3-1)15-7-9-16(10-8-15)13-14-6-11-17-13/h1-5,11H,7-10H2. The summed E-state index contributed by atoms with van der Waals surface area (Å²) in [6, 6.07) is 10.6. The summed E-state index contributed by atoms with van der Waals surface area (Å²) in [5, 5.41) is 3.01. The van der Waals surface area contributed by atoms with Gasteiger partial charge in [0.1, 0.15) is 6.20 Å².